The highest BCUT2D eigenvalue weighted by atomic mass is 32.2. The van der Waals surface area contributed by atoms with Crippen LogP contribution in [0, 0.1) is 0 Å². The number of carbonyl (C=O) groups excluding carboxylic acids is 1. The Kier molecular flexibility index (Phi) is 3.29. The first-order chi connectivity index (χ1) is 7.69. The zero-order chi connectivity index (χ0) is 11.5. The number of aliphatic imine (C=N–C) groups is 1. The van der Waals surface area contributed by atoms with E-state index in [0.29, 0.717) is 5.17 Å². The van der Waals surface area contributed by atoms with Crippen LogP contribution >= 0.6 is 11.8 Å². The zero-order valence-corrected chi connectivity index (χ0v) is 10.2. The van der Waals surface area contributed by atoms with Crippen LogP contribution in [-0.2, 0) is 11.2 Å². The second kappa shape index (κ2) is 4.70. The number of hydrogen-bond donors (Lipinski definition) is 1. The lowest BCUT2D eigenvalue weighted by atomic mass is 10.2. The van der Waals surface area contributed by atoms with E-state index in [1.54, 1.807) is 0 Å². The summed E-state index contributed by atoms with van der Waals surface area (Å²) in [6, 6.07) is 8.07. The lowest BCUT2D eigenvalue weighted by Crippen LogP contribution is -2.23. The Labute approximate surface area is 99.3 Å². The van der Waals surface area contributed by atoms with Crippen molar-refractivity contribution in [2.45, 2.75) is 25.5 Å². The molecule has 1 fully saturated rings. The molecule has 0 aromatic heterocycles. The maximum Gasteiger partial charge on any atom is 0.239 e. The summed E-state index contributed by atoms with van der Waals surface area (Å²) in [6.45, 7) is 4.00. The van der Waals surface area contributed by atoms with Gasteiger partial charge in [0.1, 0.15) is 0 Å². The van der Waals surface area contributed by atoms with Gasteiger partial charge in [-0.25, -0.2) is 4.99 Å². The van der Waals surface area contributed by atoms with E-state index in [4.69, 9.17) is 0 Å². The van der Waals surface area contributed by atoms with Gasteiger partial charge in [0.05, 0.1) is 10.9 Å². The van der Waals surface area contributed by atoms with Crippen molar-refractivity contribution in [1.82, 2.24) is 5.32 Å². The third-order valence-corrected chi connectivity index (χ3v) is 3.45. The molecule has 2 rings (SSSR count). The average Bonchev–Trinajstić information content (AvgIpc) is 2.59. The molecular formula is C12H14N2OS. The Morgan fingerprint density at radius 2 is 2.06 bits per heavy atom. The normalized spacial score (nSPS) is 22.5. The molecule has 1 amide bonds. The second-order valence-electron chi connectivity index (χ2n) is 3.69. The second-order valence-corrected chi connectivity index (χ2v) is 5.02. The number of amides is 1. The van der Waals surface area contributed by atoms with Crippen LogP contribution in [0.2, 0.25) is 0 Å². The number of nitrogens with zero attached hydrogens (tertiary/aromatic N) is 1. The van der Waals surface area contributed by atoms with Crippen molar-refractivity contribution < 1.29 is 4.79 Å². The van der Waals surface area contributed by atoms with Gasteiger partial charge in [0.15, 0.2) is 5.17 Å². The summed E-state index contributed by atoms with van der Waals surface area (Å²) in [5.74, 6) is 0.0360. The maximum atomic E-state index is 11.3. The first-order valence-electron chi connectivity index (χ1n) is 5.34. The van der Waals surface area contributed by atoms with Crippen LogP contribution in [-0.4, -0.2) is 16.3 Å². The molecule has 1 saturated heterocycles. The first-order valence-corrected chi connectivity index (χ1v) is 6.22. The molecule has 0 bridgehead atoms. The number of rotatable bonds is 2. The third kappa shape index (κ3) is 2.44. The van der Waals surface area contributed by atoms with Gasteiger partial charge in [-0.1, -0.05) is 30.8 Å². The summed E-state index contributed by atoms with van der Waals surface area (Å²) in [6.07, 6.45) is 1.03. The molecule has 84 valence electrons. The van der Waals surface area contributed by atoms with Gasteiger partial charge in [-0.3, -0.25) is 4.79 Å². The van der Waals surface area contributed by atoms with Crippen molar-refractivity contribution in [3.05, 3.63) is 29.8 Å². The van der Waals surface area contributed by atoms with E-state index >= 15 is 0 Å². The number of nitrogens with one attached hydrogen (secondary N) is 1. The molecule has 0 unspecified atom stereocenters. The summed E-state index contributed by atoms with van der Waals surface area (Å²) in [5, 5.41) is 3.42. The van der Waals surface area contributed by atoms with Crippen LogP contribution in [0.5, 0.6) is 0 Å². The van der Waals surface area contributed by atoms with E-state index in [9.17, 15) is 4.79 Å². The molecule has 1 aromatic rings. The van der Waals surface area contributed by atoms with Gasteiger partial charge < -0.3 is 5.32 Å². The van der Waals surface area contributed by atoms with E-state index in [1.165, 1.54) is 17.3 Å². The highest BCUT2D eigenvalue weighted by Crippen LogP contribution is 2.22. The van der Waals surface area contributed by atoms with Crippen molar-refractivity contribution in [2.75, 3.05) is 0 Å². The summed E-state index contributed by atoms with van der Waals surface area (Å²) >= 11 is 1.47. The molecule has 4 heteroatoms. The minimum absolute atomic E-state index is 0.0336. The fourth-order valence-electron chi connectivity index (χ4n) is 1.44. The Morgan fingerprint density at radius 1 is 1.38 bits per heavy atom. The standard InChI is InChI=1S/C12H14N2OS/c1-3-9-4-6-10(7-5-9)13-12-14-11(15)8(2)16-12/h4-8H,3H2,1-2H3,(H,13,14,15)/t8-/m0/s1. The molecular weight excluding hydrogens is 220 g/mol. The van der Waals surface area contributed by atoms with Crippen LogP contribution in [0.1, 0.15) is 19.4 Å². The Hall–Kier alpha value is -1.29. The summed E-state index contributed by atoms with van der Waals surface area (Å²) in [5.41, 5.74) is 2.18. The van der Waals surface area contributed by atoms with Gasteiger partial charge in [0.2, 0.25) is 5.91 Å². The number of thioether (sulfide) groups is 1. The van der Waals surface area contributed by atoms with E-state index in [1.807, 2.05) is 19.1 Å². The van der Waals surface area contributed by atoms with Crippen molar-refractivity contribution >= 4 is 28.5 Å². The van der Waals surface area contributed by atoms with E-state index < -0.39 is 0 Å². The largest absolute Gasteiger partial charge is 0.304 e. The van der Waals surface area contributed by atoms with Gasteiger partial charge in [0, 0.05) is 0 Å². The lowest BCUT2D eigenvalue weighted by molar-refractivity contribution is -0.118. The van der Waals surface area contributed by atoms with Crippen LogP contribution in [0.3, 0.4) is 0 Å². The summed E-state index contributed by atoms with van der Waals surface area (Å²) < 4.78 is 0. The Bertz CT molecular complexity index is 425. The van der Waals surface area contributed by atoms with E-state index in [2.05, 4.69) is 29.4 Å². The highest BCUT2D eigenvalue weighted by molar-refractivity contribution is 8.15. The Morgan fingerprint density at radius 3 is 2.56 bits per heavy atom. The fourth-order valence-corrected chi connectivity index (χ4v) is 2.25. The van der Waals surface area contributed by atoms with Crippen molar-refractivity contribution in [3.8, 4) is 0 Å². The number of carbonyl (C=O) groups is 1. The van der Waals surface area contributed by atoms with E-state index in [0.717, 1.165) is 12.1 Å². The van der Waals surface area contributed by atoms with Crippen molar-refractivity contribution in [1.29, 1.82) is 0 Å². The molecule has 1 heterocycles. The quantitative estimate of drug-likeness (QED) is 0.854. The molecule has 0 spiro atoms. The minimum Gasteiger partial charge on any atom is -0.304 e. The molecule has 0 aliphatic carbocycles. The number of amidine groups is 1. The molecule has 1 N–H and O–H groups in total. The van der Waals surface area contributed by atoms with Crippen LogP contribution in [0.4, 0.5) is 5.69 Å². The molecule has 1 aliphatic heterocycles. The monoisotopic (exact) mass is 234 g/mol. The van der Waals surface area contributed by atoms with Gasteiger partial charge in [-0.05, 0) is 31.0 Å². The van der Waals surface area contributed by atoms with E-state index in [-0.39, 0.29) is 11.2 Å². The number of hydrogen-bond acceptors (Lipinski definition) is 3. The third-order valence-electron chi connectivity index (χ3n) is 2.46. The number of aryl methyl sites for hydroxylation is 1. The van der Waals surface area contributed by atoms with Crippen LogP contribution in [0.25, 0.3) is 0 Å². The minimum atomic E-state index is -0.0336. The fraction of sp³-hybridized carbons (Fsp3) is 0.333. The maximum absolute atomic E-state index is 11.3. The molecule has 0 saturated carbocycles. The molecule has 1 aliphatic rings. The predicted molar refractivity (Wildman–Crippen MR) is 68.1 cm³/mol. The Balaban J connectivity index is 2.14. The zero-order valence-electron chi connectivity index (χ0n) is 9.36. The summed E-state index contributed by atoms with van der Waals surface area (Å²) in [4.78, 5) is 15.6. The van der Waals surface area contributed by atoms with Crippen molar-refractivity contribution in [3.63, 3.8) is 0 Å². The lowest BCUT2D eigenvalue weighted by Gasteiger charge is -1.98. The topological polar surface area (TPSA) is 41.5 Å². The molecule has 0 radical (unpaired) electrons. The molecule has 16 heavy (non-hydrogen) atoms. The van der Waals surface area contributed by atoms with Crippen molar-refractivity contribution in [2.24, 2.45) is 4.99 Å². The SMILES string of the molecule is CCc1ccc(N=C2NC(=O)[C@H](C)S2)cc1. The van der Waals surface area contributed by atoms with Gasteiger partial charge in [-0.15, -0.1) is 0 Å². The summed E-state index contributed by atoms with van der Waals surface area (Å²) in [7, 11) is 0. The number of benzene rings is 1. The average molecular weight is 234 g/mol. The highest BCUT2D eigenvalue weighted by Gasteiger charge is 2.25. The molecule has 3 nitrogen and oxygen atoms in total. The predicted octanol–water partition coefficient (Wildman–Crippen LogP) is 2.49. The van der Waals surface area contributed by atoms with Gasteiger partial charge >= 0.3 is 0 Å². The van der Waals surface area contributed by atoms with Crippen LogP contribution in [0.15, 0.2) is 29.3 Å². The smallest absolute Gasteiger partial charge is 0.239 e. The first kappa shape index (κ1) is 11.2. The van der Waals surface area contributed by atoms with Crippen LogP contribution < -0.4 is 5.32 Å². The van der Waals surface area contributed by atoms with Gasteiger partial charge in [-0.2, -0.15) is 0 Å². The molecule has 1 aromatic carbocycles. The van der Waals surface area contributed by atoms with Gasteiger partial charge in [0.25, 0.3) is 0 Å². The molecule has 1 atom stereocenters.